The number of pyridine rings is 1. The van der Waals surface area contributed by atoms with Crippen molar-refractivity contribution >= 4 is 21.6 Å². The molecule has 1 aromatic heterocycles. The van der Waals surface area contributed by atoms with Crippen LogP contribution in [0.15, 0.2) is 47.5 Å². The molecular weight excluding hydrogens is 338 g/mol. The van der Waals surface area contributed by atoms with Crippen LogP contribution in [-0.2, 0) is 16.4 Å². The molecule has 0 aliphatic rings. The Balaban J connectivity index is 2.05. The van der Waals surface area contributed by atoms with Crippen molar-refractivity contribution in [1.29, 1.82) is 0 Å². The number of hydrogen-bond acceptors (Lipinski definition) is 5. The zero-order valence-electron chi connectivity index (χ0n) is 14.9. The van der Waals surface area contributed by atoms with Gasteiger partial charge in [-0.15, -0.1) is 0 Å². The molecule has 1 heterocycles. The molecule has 1 N–H and O–H groups in total. The van der Waals surface area contributed by atoms with E-state index in [2.05, 4.69) is 10.3 Å². The first-order valence-corrected chi connectivity index (χ1v) is 9.51. The summed E-state index contributed by atoms with van der Waals surface area (Å²) in [6, 6.07) is 9.75. The Hall–Kier alpha value is -2.41. The molecule has 0 aliphatic carbocycles. The van der Waals surface area contributed by atoms with Crippen molar-refractivity contribution in [2.75, 3.05) is 19.0 Å². The highest BCUT2D eigenvalue weighted by molar-refractivity contribution is 7.92. The Morgan fingerprint density at radius 2 is 1.80 bits per heavy atom. The van der Waals surface area contributed by atoms with Gasteiger partial charge in [0.25, 0.3) is 5.91 Å². The third-order valence-corrected chi connectivity index (χ3v) is 5.96. The van der Waals surface area contributed by atoms with Gasteiger partial charge in [0.05, 0.1) is 10.1 Å². The quantitative estimate of drug-likeness (QED) is 0.854. The van der Waals surface area contributed by atoms with Crippen molar-refractivity contribution in [3.8, 4) is 0 Å². The fourth-order valence-corrected chi connectivity index (χ4v) is 3.23. The van der Waals surface area contributed by atoms with Crippen LogP contribution in [0.1, 0.15) is 29.8 Å². The number of hydrogen-bond donors (Lipinski definition) is 1. The van der Waals surface area contributed by atoms with E-state index in [1.807, 2.05) is 31.1 Å². The molecular formula is C18H23N3O3S. The van der Waals surface area contributed by atoms with Crippen LogP contribution in [0, 0.1) is 0 Å². The average Bonchev–Trinajstić information content (AvgIpc) is 2.59. The number of rotatable bonds is 6. The second-order valence-corrected chi connectivity index (χ2v) is 8.72. The lowest BCUT2D eigenvalue weighted by molar-refractivity contribution is 0.0951. The van der Waals surface area contributed by atoms with Gasteiger partial charge in [-0.3, -0.25) is 4.79 Å². The van der Waals surface area contributed by atoms with Crippen molar-refractivity contribution in [3.63, 3.8) is 0 Å². The third-order valence-electron chi connectivity index (χ3n) is 3.79. The van der Waals surface area contributed by atoms with Crippen molar-refractivity contribution in [2.24, 2.45) is 0 Å². The molecule has 25 heavy (non-hydrogen) atoms. The van der Waals surface area contributed by atoms with Crippen LogP contribution in [-0.4, -0.2) is 38.7 Å². The molecule has 0 atom stereocenters. The monoisotopic (exact) mass is 361 g/mol. The van der Waals surface area contributed by atoms with Gasteiger partial charge >= 0.3 is 0 Å². The molecule has 0 radical (unpaired) electrons. The number of nitrogens with one attached hydrogen (secondary N) is 1. The molecule has 134 valence electrons. The number of carbonyl (C=O) groups is 1. The van der Waals surface area contributed by atoms with Crippen molar-refractivity contribution in [2.45, 2.75) is 30.5 Å². The molecule has 2 rings (SSSR count). The Bertz CT molecular complexity index is 844. The molecule has 0 aliphatic heterocycles. The first-order valence-electron chi connectivity index (χ1n) is 7.96. The maximum Gasteiger partial charge on any atom is 0.251 e. The summed E-state index contributed by atoms with van der Waals surface area (Å²) in [6.45, 7) is 3.63. The van der Waals surface area contributed by atoms with Gasteiger partial charge in [0.2, 0.25) is 0 Å². The smallest absolute Gasteiger partial charge is 0.251 e. The van der Waals surface area contributed by atoms with Gasteiger partial charge in [-0.05, 0) is 55.8 Å². The summed E-state index contributed by atoms with van der Waals surface area (Å²) in [5, 5.41) is 2.33. The van der Waals surface area contributed by atoms with Crippen molar-refractivity contribution in [1.82, 2.24) is 10.3 Å². The molecule has 1 aromatic carbocycles. The van der Waals surface area contributed by atoms with Crippen LogP contribution in [0.2, 0.25) is 0 Å². The van der Waals surface area contributed by atoms with E-state index >= 15 is 0 Å². The minimum Gasteiger partial charge on any atom is -0.363 e. The zero-order valence-corrected chi connectivity index (χ0v) is 15.7. The summed E-state index contributed by atoms with van der Waals surface area (Å²) >= 11 is 0. The predicted octanol–water partition coefficient (Wildman–Crippen LogP) is 2.26. The number of amides is 1. The summed E-state index contributed by atoms with van der Waals surface area (Å²) in [6.07, 6.45) is 1.70. The van der Waals surface area contributed by atoms with Gasteiger partial charge in [-0.1, -0.05) is 0 Å². The molecule has 0 unspecified atom stereocenters. The van der Waals surface area contributed by atoms with Crippen molar-refractivity contribution in [3.05, 3.63) is 53.7 Å². The van der Waals surface area contributed by atoms with Crippen LogP contribution in [0.25, 0.3) is 0 Å². The SMILES string of the molecule is CC(C)S(=O)(=O)c1ccc(C(=O)NCc2ccnc(N(C)C)c2)cc1. The number of aromatic nitrogens is 1. The fourth-order valence-electron chi connectivity index (χ4n) is 2.17. The summed E-state index contributed by atoms with van der Waals surface area (Å²) in [4.78, 5) is 18.6. The minimum atomic E-state index is -3.33. The third kappa shape index (κ3) is 4.57. The highest BCUT2D eigenvalue weighted by Crippen LogP contribution is 2.16. The van der Waals surface area contributed by atoms with E-state index in [0.717, 1.165) is 11.4 Å². The minimum absolute atomic E-state index is 0.226. The second kappa shape index (κ2) is 7.65. The first kappa shape index (κ1) is 18.9. The topological polar surface area (TPSA) is 79.4 Å². The summed E-state index contributed by atoms with van der Waals surface area (Å²) < 4.78 is 24.2. The summed E-state index contributed by atoms with van der Waals surface area (Å²) in [5.41, 5.74) is 1.36. The zero-order chi connectivity index (χ0) is 18.6. The number of benzene rings is 1. The maximum absolute atomic E-state index is 12.2. The lowest BCUT2D eigenvalue weighted by Gasteiger charge is -2.12. The molecule has 1 amide bonds. The largest absolute Gasteiger partial charge is 0.363 e. The first-order chi connectivity index (χ1) is 11.7. The van der Waals surface area contributed by atoms with E-state index in [4.69, 9.17) is 0 Å². The van der Waals surface area contributed by atoms with E-state index in [1.165, 1.54) is 24.3 Å². The Labute approximate surface area is 148 Å². The van der Waals surface area contributed by atoms with Gasteiger partial charge in [0, 0.05) is 32.4 Å². The Morgan fingerprint density at radius 3 is 2.36 bits per heavy atom. The Morgan fingerprint density at radius 1 is 1.16 bits per heavy atom. The predicted molar refractivity (Wildman–Crippen MR) is 98.5 cm³/mol. The normalized spacial score (nSPS) is 11.4. The molecule has 7 heteroatoms. The molecule has 6 nitrogen and oxygen atoms in total. The summed E-state index contributed by atoms with van der Waals surface area (Å²) in [5.74, 6) is 0.562. The highest BCUT2D eigenvalue weighted by Gasteiger charge is 2.19. The molecule has 0 fully saturated rings. The van der Waals surface area contributed by atoms with Crippen LogP contribution in [0.3, 0.4) is 0 Å². The lowest BCUT2D eigenvalue weighted by atomic mass is 10.2. The van der Waals surface area contributed by atoms with E-state index in [-0.39, 0.29) is 10.8 Å². The van der Waals surface area contributed by atoms with Gasteiger partial charge in [0.1, 0.15) is 5.82 Å². The average molecular weight is 361 g/mol. The second-order valence-electron chi connectivity index (χ2n) is 6.22. The maximum atomic E-state index is 12.2. The van der Waals surface area contributed by atoms with Gasteiger partial charge in [-0.25, -0.2) is 13.4 Å². The number of sulfone groups is 1. The lowest BCUT2D eigenvalue weighted by Crippen LogP contribution is -2.23. The molecule has 0 saturated carbocycles. The summed E-state index contributed by atoms with van der Waals surface area (Å²) in [7, 11) is 0.470. The van der Waals surface area contributed by atoms with Gasteiger partial charge in [-0.2, -0.15) is 0 Å². The van der Waals surface area contributed by atoms with E-state index in [9.17, 15) is 13.2 Å². The van der Waals surface area contributed by atoms with Gasteiger partial charge in [0.15, 0.2) is 9.84 Å². The fraction of sp³-hybridized carbons (Fsp3) is 0.333. The van der Waals surface area contributed by atoms with E-state index in [0.29, 0.717) is 12.1 Å². The highest BCUT2D eigenvalue weighted by atomic mass is 32.2. The van der Waals surface area contributed by atoms with E-state index < -0.39 is 15.1 Å². The Kier molecular flexibility index (Phi) is 5.79. The van der Waals surface area contributed by atoms with E-state index in [1.54, 1.807) is 20.0 Å². The van der Waals surface area contributed by atoms with Crippen LogP contribution in [0.4, 0.5) is 5.82 Å². The van der Waals surface area contributed by atoms with Crippen LogP contribution >= 0.6 is 0 Å². The molecule has 0 bridgehead atoms. The number of anilines is 1. The van der Waals surface area contributed by atoms with Crippen LogP contribution < -0.4 is 10.2 Å². The van der Waals surface area contributed by atoms with Crippen molar-refractivity contribution < 1.29 is 13.2 Å². The molecule has 2 aromatic rings. The van der Waals surface area contributed by atoms with Crippen LogP contribution in [0.5, 0.6) is 0 Å². The molecule has 0 spiro atoms. The number of carbonyl (C=O) groups excluding carboxylic acids is 1. The standard InChI is InChI=1S/C18H23N3O3S/c1-13(2)25(23,24)16-7-5-15(6-8-16)18(22)20-12-14-9-10-19-17(11-14)21(3)4/h5-11,13H,12H2,1-4H3,(H,20,22). The van der Waals surface area contributed by atoms with Gasteiger partial charge < -0.3 is 10.2 Å². The number of nitrogens with zero attached hydrogens (tertiary/aromatic N) is 2. The molecule has 0 saturated heterocycles.